The van der Waals surface area contributed by atoms with Crippen LogP contribution < -0.4 is 0 Å². The normalized spacial score (nSPS) is 12.3. The fraction of sp³-hybridized carbons (Fsp3) is 0. The van der Waals surface area contributed by atoms with Crippen molar-refractivity contribution in [3.63, 3.8) is 0 Å². The Kier molecular flexibility index (Phi) is 2.57. The molecule has 0 aliphatic heterocycles. The molecule has 0 N–H and O–H groups in total. The third-order valence-corrected chi connectivity index (χ3v) is 6.35. The molecule has 0 nitrogen and oxygen atoms in total. The summed E-state index contributed by atoms with van der Waals surface area (Å²) in [6, 6.07) is 35.9. The van der Waals surface area contributed by atoms with Gasteiger partial charge in [-0.2, -0.15) is 0 Å². The molecule has 0 unspecified atom stereocenters. The van der Waals surface area contributed by atoms with Crippen LogP contribution in [0.3, 0.4) is 0 Å². The van der Waals surface area contributed by atoms with E-state index in [-0.39, 0.29) is 0 Å². The van der Waals surface area contributed by atoms with E-state index in [4.69, 9.17) is 0 Å². The monoisotopic (exact) mass is 352 g/mol. The van der Waals surface area contributed by atoms with Gasteiger partial charge < -0.3 is 0 Å². The lowest BCUT2D eigenvalue weighted by molar-refractivity contribution is 1.75. The molecular formula is C28H16. The molecule has 28 heavy (non-hydrogen) atoms. The van der Waals surface area contributed by atoms with Gasteiger partial charge in [0.25, 0.3) is 0 Å². The first kappa shape index (κ1) is 14.4. The van der Waals surface area contributed by atoms with E-state index in [2.05, 4.69) is 97.1 Å². The van der Waals surface area contributed by atoms with Crippen LogP contribution in [0.2, 0.25) is 0 Å². The number of fused-ring (bicyclic) bond motifs is 8. The quantitative estimate of drug-likeness (QED) is 0.243. The molecule has 7 rings (SSSR count). The summed E-state index contributed by atoms with van der Waals surface area (Å²) in [4.78, 5) is 0. The molecule has 0 heterocycles. The van der Waals surface area contributed by atoms with Gasteiger partial charge in [0.1, 0.15) is 0 Å². The van der Waals surface area contributed by atoms with Crippen LogP contribution in [0.15, 0.2) is 97.1 Å². The lowest BCUT2D eigenvalue weighted by Crippen LogP contribution is -1.84. The second kappa shape index (κ2) is 4.99. The van der Waals surface area contributed by atoms with E-state index in [1.54, 1.807) is 0 Å². The van der Waals surface area contributed by atoms with Crippen molar-refractivity contribution < 1.29 is 0 Å². The number of hydrogen-bond donors (Lipinski definition) is 0. The second-order valence-corrected chi connectivity index (χ2v) is 7.78. The highest BCUT2D eigenvalue weighted by Gasteiger charge is 2.22. The molecule has 1 aliphatic carbocycles. The number of rotatable bonds is 0. The summed E-state index contributed by atoms with van der Waals surface area (Å²) in [7, 11) is 0. The molecule has 0 bridgehead atoms. The van der Waals surface area contributed by atoms with Gasteiger partial charge in [0.05, 0.1) is 0 Å². The molecule has 0 aromatic heterocycles. The Hall–Kier alpha value is -3.64. The second-order valence-electron chi connectivity index (χ2n) is 7.78. The van der Waals surface area contributed by atoms with Gasteiger partial charge in [0.2, 0.25) is 0 Å². The average molecular weight is 352 g/mol. The van der Waals surface area contributed by atoms with Crippen LogP contribution in [-0.4, -0.2) is 0 Å². The lowest BCUT2D eigenvalue weighted by atomic mass is 9.92. The highest BCUT2D eigenvalue weighted by Crippen LogP contribution is 2.49. The van der Waals surface area contributed by atoms with Crippen LogP contribution in [0.5, 0.6) is 0 Å². The van der Waals surface area contributed by atoms with E-state index in [1.807, 2.05) is 0 Å². The first-order chi connectivity index (χ1) is 13.9. The Morgan fingerprint density at radius 2 is 0.929 bits per heavy atom. The number of benzene rings is 6. The minimum absolute atomic E-state index is 1.30. The van der Waals surface area contributed by atoms with Crippen molar-refractivity contribution in [1.82, 2.24) is 0 Å². The maximum atomic E-state index is 2.42. The zero-order valence-corrected chi connectivity index (χ0v) is 15.2. The van der Waals surface area contributed by atoms with Crippen molar-refractivity contribution in [3.8, 4) is 22.3 Å². The Morgan fingerprint density at radius 1 is 0.321 bits per heavy atom. The van der Waals surface area contributed by atoms with Gasteiger partial charge in [-0.25, -0.2) is 0 Å². The van der Waals surface area contributed by atoms with Gasteiger partial charge in [0, 0.05) is 0 Å². The number of hydrogen-bond acceptors (Lipinski definition) is 0. The summed E-state index contributed by atoms with van der Waals surface area (Å²) in [5.41, 5.74) is 5.45. The molecule has 0 spiro atoms. The maximum absolute atomic E-state index is 2.42. The first-order valence-electron chi connectivity index (χ1n) is 9.79. The lowest BCUT2D eigenvalue weighted by Gasteiger charge is -2.11. The van der Waals surface area contributed by atoms with E-state index in [0.29, 0.717) is 0 Å². The Labute approximate surface area is 162 Å². The van der Waals surface area contributed by atoms with E-state index in [0.717, 1.165) is 0 Å². The molecule has 0 saturated heterocycles. The molecule has 128 valence electrons. The van der Waals surface area contributed by atoms with Crippen LogP contribution in [0.25, 0.3) is 65.3 Å². The Balaban J connectivity index is 1.70. The summed E-state index contributed by atoms with van der Waals surface area (Å²) in [6.07, 6.45) is 0. The minimum atomic E-state index is 1.30. The highest BCUT2D eigenvalue weighted by atomic mass is 14.2. The van der Waals surface area contributed by atoms with Crippen LogP contribution in [0.4, 0.5) is 0 Å². The molecule has 6 aromatic rings. The van der Waals surface area contributed by atoms with Crippen LogP contribution in [0, 0.1) is 0 Å². The van der Waals surface area contributed by atoms with Crippen molar-refractivity contribution in [2.45, 2.75) is 0 Å². The van der Waals surface area contributed by atoms with Crippen molar-refractivity contribution in [2.24, 2.45) is 0 Å². The molecular weight excluding hydrogens is 336 g/mol. The molecule has 0 heteroatoms. The summed E-state index contributed by atoms with van der Waals surface area (Å²) in [6.45, 7) is 0. The standard InChI is InChI=1S/C28H16/c1-2-8-21-17(5-1)11-12-19-13-14-20-15-25-22-9-3-6-18-7-4-10-23(28(18)22)26(25)16-24(20)27(19)21/h1-16H. The zero-order valence-electron chi connectivity index (χ0n) is 15.2. The maximum Gasteiger partial charge on any atom is -0.00264 e. The summed E-state index contributed by atoms with van der Waals surface area (Å²) < 4.78 is 0. The van der Waals surface area contributed by atoms with Gasteiger partial charge in [-0.05, 0) is 77.5 Å². The van der Waals surface area contributed by atoms with Gasteiger partial charge in [-0.15, -0.1) is 0 Å². The minimum Gasteiger partial charge on any atom is -0.0616 e. The Morgan fingerprint density at radius 3 is 1.75 bits per heavy atom. The van der Waals surface area contributed by atoms with Gasteiger partial charge in [-0.3, -0.25) is 0 Å². The van der Waals surface area contributed by atoms with Gasteiger partial charge in [-0.1, -0.05) is 84.9 Å². The van der Waals surface area contributed by atoms with E-state index < -0.39 is 0 Å². The first-order valence-corrected chi connectivity index (χ1v) is 9.79. The molecule has 0 radical (unpaired) electrons. The van der Waals surface area contributed by atoms with E-state index in [1.165, 1.54) is 65.3 Å². The van der Waals surface area contributed by atoms with Crippen molar-refractivity contribution in [3.05, 3.63) is 97.1 Å². The topological polar surface area (TPSA) is 0 Å². The van der Waals surface area contributed by atoms with Crippen LogP contribution >= 0.6 is 0 Å². The van der Waals surface area contributed by atoms with Crippen molar-refractivity contribution in [2.75, 3.05) is 0 Å². The summed E-state index contributed by atoms with van der Waals surface area (Å²) in [5.74, 6) is 0. The molecule has 0 atom stereocenters. The molecule has 0 fully saturated rings. The summed E-state index contributed by atoms with van der Waals surface area (Å²) in [5, 5.41) is 10.7. The predicted octanol–water partition coefficient (Wildman–Crippen LogP) is 7.95. The van der Waals surface area contributed by atoms with Gasteiger partial charge >= 0.3 is 0 Å². The fourth-order valence-corrected chi connectivity index (χ4v) is 5.11. The zero-order chi connectivity index (χ0) is 18.2. The SMILES string of the molecule is c1cc2c3c(cccc3c1)-c1cc3c(ccc4ccc5ccccc5c43)cc1-2. The largest absolute Gasteiger partial charge is 0.0616 e. The van der Waals surface area contributed by atoms with E-state index >= 15 is 0 Å². The fourth-order valence-electron chi connectivity index (χ4n) is 5.11. The van der Waals surface area contributed by atoms with Crippen molar-refractivity contribution >= 4 is 43.1 Å². The average Bonchev–Trinajstić information content (AvgIpc) is 3.07. The molecule has 0 amide bonds. The van der Waals surface area contributed by atoms with Crippen LogP contribution in [0.1, 0.15) is 0 Å². The third-order valence-electron chi connectivity index (χ3n) is 6.35. The Bertz CT molecular complexity index is 1600. The van der Waals surface area contributed by atoms with Crippen molar-refractivity contribution in [1.29, 1.82) is 0 Å². The smallest absolute Gasteiger partial charge is 0.00264 e. The van der Waals surface area contributed by atoms with Gasteiger partial charge in [0.15, 0.2) is 0 Å². The molecule has 1 aliphatic rings. The predicted molar refractivity (Wildman–Crippen MR) is 121 cm³/mol. The molecule has 0 saturated carbocycles. The highest BCUT2D eigenvalue weighted by molar-refractivity contribution is 6.24. The summed E-state index contributed by atoms with van der Waals surface area (Å²) >= 11 is 0. The van der Waals surface area contributed by atoms with Crippen LogP contribution in [-0.2, 0) is 0 Å². The molecule has 6 aromatic carbocycles. The third kappa shape index (κ3) is 1.70. The van der Waals surface area contributed by atoms with E-state index in [9.17, 15) is 0 Å².